The number of methoxy groups -OCH3 is 1. The van der Waals surface area contributed by atoms with Crippen LogP contribution in [0, 0.1) is 6.92 Å². The van der Waals surface area contributed by atoms with Crippen molar-refractivity contribution in [1.29, 1.82) is 0 Å². The van der Waals surface area contributed by atoms with Crippen LogP contribution in [-0.2, 0) is 0 Å². The van der Waals surface area contributed by atoms with Crippen LogP contribution in [0.5, 0.6) is 5.75 Å². The largest absolute Gasteiger partial charge is 0.496 e. The Kier molecular flexibility index (Phi) is 4.58. The van der Waals surface area contributed by atoms with Crippen LogP contribution < -0.4 is 10.5 Å². The first-order valence-electron chi connectivity index (χ1n) is 6.65. The van der Waals surface area contributed by atoms with E-state index in [2.05, 4.69) is 43.3 Å². The van der Waals surface area contributed by atoms with E-state index in [9.17, 15) is 0 Å². The molecule has 0 spiro atoms. The number of aryl methyl sites for hydroxylation is 1. The van der Waals surface area contributed by atoms with Crippen molar-refractivity contribution in [3.05, 3.63) is 65.2 Å². The molecule has 100 valence electrons. The predicted molar refractivity (Wildman–Crippen MR) is 79.7 cm³/mol. The van der Waals surface area contributed by atoms with Crippen LogP contribution in [0.25, 0.3) is 0 Å². The zero-order chi connectivity index (χ0) is 13.7. The number of hydrogen-bond donors (Lipinski definition) is 1. The Morgan fingerprint density at radius 2 is 1.74 bits per heavy atom. The van der Waals surface area contributed by atoms with E-state index in [0.29, 0.717) is 12.5 Å². The Bertz CT molecular complexity index is 519. The summed E-state index contributed by atoms with van der Waals surface area (Å²) in [5.74, 6) is 1.23. The molecule has 0 aliphatic carbocycles. The average molecular weight is 255 g/mol. The molecule has 0 radical (unpaired) electrons. The van der Waals surface area contributed by atoms with Gasteiger partial charge in [-0.25, -0.2) is 0 Å². The van der Waals surface area contributed by atoms with Crippen LogP contribution in [0.1, 0.15) is 29.0 Å². The molecule has 2 aromatic rings. The molecule has 0 amide bonds. The van der Waals surface area contributed by atoms with Gasteiger partial charge in [0.05, 0.1) is 7.11 Å². The third-order valence-corrected chi connectivity index (χ3v) is 3.45. The normalized spacial score (nSPS) is 12.2. The summed E-state index contributed by atoms with van der Waals surface area (Å²) >= 11 is 0. The molecule has 2 aromatic carbocycles. The van der Waals surface area contributed by atoms with Crippen molar-refractivity contribution in [1.82, 2.24) is 0 Å². The fraction of sp³-hybridized carbons (Fsp3) is 0.294. The summed E-state index contributed by atoms with van der Waals surface area (Å²) in [6.07, 6.45) is 0.920. The van der Waals surface area contributed by atoms with E-state index in [1.165, 1.54) is 16.7 Å². The van der Waals surface area contributed by atoms with Crippen molar-refractivity contribution < 1.29 is 4.74 Å². The molecule has 1 atom stereocenters. The van der Waals surface area contributed by atoms with E-state index < -0.39 is 0 Å². The SMILES string of the molecule is COc1ccccc1C(CCN)c1ccc(C)cc1. The highest BCUT2D eigenvalue weighted by Gasteiger charge is 2.17. The monoisotopic (exact) mass is 255 g/mol. The summed E-state index contributed by atoms with van der Waals surface area (Å²) in [7, 11) is 1.72. The van der Waals surface area contributed by atoms with Crippen LogP contribution in [0.2, 0.25) is 0 Å². The van der Waals surface area contributed by atoms with Gasteiger partial charge in [-0.3, -0.25) is 0 Å². The van der Waals surface area contributed by atoms with Crippen LogP contribution >= 0.6 is 0 Å². The molecule has 1 unspecified atom stereocenters. The second-order valence-corrected chi connectivity index (χ2v) is 4.78. The fourth-order valence-electron chi connectivity index (χ4n) is 2.42. The highest BCUT2D eigenvalue weighted by Crippen LogP contribution is 2.33. The van der Waals surface area contributed by atoms with Crippen molar-refractivity contribution in [3.8, 4) is 5.75 Å². The van der Waals surface area contributed by atoms with Crippen LogP contribution in [0.15, 0.2) is 48.5 Å². The van der Waals surface area contributed by atoms with Crippen molar-refractivity contribution in [2.45, 2.75) is 19.3 Å². The summed E-state index contributed by atoms with van der Waals surface area (Å²) in [6, 6.07) is 16.8. The minimum Gasteiger partial charge on any atom is -0.496 e. The number of nitrogens with two attached hydrogens (primary N) is 1. The number of para-hydroxylation sites is 1. The zero-order valence-electron chi connectivity index (χ0n) is 11.6. The summed E-state index contributed by atoms with van der Waals surface area (Å²) in [4.78, 5) is 0. The van der Waals surface area contributed by atoms with E-state index >= 15 is 0 Å². The van der Waals surface area contributed by atoms with E-state index in [-0.39, 0.29) is 0 Å². The molecular formula is C17H21NO. The number of hydrogen-bond acceptors (Lipinski definition) is 2. The molecule has 0 bridgehead atoms. The smallest absolute Gasteiger partial charge is 0.122 e. The Morgan fingerprint density at radius 3 is 2.37 bits per heavy atom. The lowest BCUT2D eigenvalue weighted by Gasteiger charge is -2.20. The van der Waals surface area contributed by atoms with Gasteiger partial charge >= 0.3 is 0 Å². The third kappa shape index (κ3) is 3.15. The maximum absolute atomic E-state index is 5.78. The van der Waals surface area contributed by atoms with Crippen molar-refractivity contribution in [2.24, 2.45) is 5.73 Å². The highest BCUT2D eigenvalue weighted by molar-refractivity contribution is 5.42. The lowest BCUT2D eigenvalue weighted by Crippen LogP contribution is -2.10. The summed E-state index contributed by atoms with van der Waals surface area (Å²) in [5, 5.41) is 0. The Balaban J connectivity index is 2.42. The third-order valence-electron chi connectivity index (χ3n) is 3.45. The molecule has 0 saturated heterocycles. The minimum atomic E-state index is 0.293. The van der Waals surface area contributed by atoms with Crippen molar-refractivity contribution >= 4 is 0 Å². The molecule has 2 N–H and O–H groups in total. The van der Waals surface area contributed by atoms with Gasteiger partial charge in [-0.15, -0.1) is 0 Å². The van der Waals surface area contributed by atoms with E-state index in [0.717, 1.165) is 12.2 Å². The molecule has 2 rings (SSSR count). The summed E-state index contributed by atoms with van der Waals surface area (Å²) in [6.45, 7) is 2.77. The lowest BCUT2D eigenvalue weighted by molar-refractivity contribution is 0.406. The molecule has 0 fully saturated rings. The van der Waals surface area contributed by atoms with Gasteiger partial charge in [0.15, 0.2) is 0 Å². The number of ether oxygens (including phenoxy) is 1. The predicted octanol–water partition coefficient (Wildman–Crippen LogP) is 3.48. The van der Waals surface area contributed by atoms with Gasteiger partial charge in [0.2, 0.25) is 0 Å². The van der Waals surface area contributed by atoms with Gasteiger partial charge in [-0.05, 0) is 31.5 Å². The number of rotatable bonds is 5. The molecule has 2 nitrogen and oxygen atoms in total. The Labute approximate surface area is 115 Å². The highest BCUT2D eigenvalue weighted by atomic mass is 16.5. The molecule has 0 saturated carbocycles. The average Bonchev–Trinajstić information content (AvgIpc) is 2.46. The first-order valence-corrected chi connectivity index (χ1v) is 6.65. The Hall–Kier alpha value is -1.80. The second kappa shape index (κ2) is 6.39. The molecule has 0 aliphatic heterocycles. The summed E-state index contributed by atoms with van der Waals surface area (Å²) in [5.41, 5.74) is 9.56. The standard InChI is InChI=1S/C17H21NO/c1-13-7-9-14(10-8-13)15(11-12-18)16-5-3-4-6-17(16)19-2/h3-10,15H,11-12,18H2,1-2H3. The Morgan fingerprint density at radius 1 is 1.05 bits per heavy atom. The van der Waals surface area contributed by atoms with Crippen LogP contribution in [-0.4, -0.2) is 13.7 Å². The van der Waals surface area contributed by atoms with Crippen LogP contribution in [0.3, 0.4) is 0 Å². The first-order chi connectivity index (χ1) is 9.26. The van der Waals surface area contributed by atoms with E-state index in [4.69, 9.17) is 10.5 Å². The lowest BCUT2D eigenvalue weighted by atomic mass is 9.87. The van der Waals surface area contributed by atoms with Gasteiger partial charge in [0, 0.05) is 11.5 Å². The zero-order valence-corrected chi connectivity index (χ0v) is 11.6. The molecule has 2 heteroatoms. The quantitative estimate of drug-likeness (QED) is 0.887. The van der Waals surface area contributed by atoms with Crippen molar-refractivity contribution in [2.75, 3.05) is 13.7 Å². The topological polar surface area (TPSA) is 35.2 Å². The number of benzene rings is 2. The van der Waals surface area contributed by atoms with Gasteiger partial charge in [-0.2, -0.15) is 0 Å². The van der Waals surface area contributed by atoms with Gasteiger partial charge in [0.25, 0.3) is 0 Å². The van der Waals surface area contributed by atoms with E-state index in [1.807, 2.05) is 12.1 Å². The minimum absolute atomic E-state index is 0.293. The molecule has 0 heterocycles. The van der Waals surface area contributed by atoms with Gasteiger partial charge in [-0.1, -0.05) is 48.0 Å². The molecular weight excluding hydrogens is 234 g/mol. The molecule has 0 aromatic heterocycles. The van der Waals surface area contributed by atoms with E-state index in [1.54, 1.807) is 7.11 Å². The molecule has 19 heavy (non-hydrogen) atoms. The first kappa shape index (κ1) is 13.6. The second-order valence-electron chi connectivity index (χ2n) is 4.78. The van der Waals surface area contributed by atoms with Crippen molar-refractivity contribution in [3.63, 3.8) is 0 Å². The van der Waals surface area contributed by atoms with Gasteiger partial charge < -0.3 is 10.5 Å². The maximum atomic E-state index is 5.78. The maximum Gasteiger partial charge on any atom is 0.122 e. The van der Waals surface area contributed by atoms with Gasteiger partial charge in [0.1, 0.15) is 5.75 Å². The fourth-order valence-corrected chi connectivity index (χ4v) is 2.42. The molecule has 0 aliphatic rings. The van der Waals surface area contributed by atoms with Crippen LogP contribution in [0.4, 0.5) is 0 Å². The summed E-state index contributed by atoms with van der Waals surface area (Å²) < 4.78 is 5.48.